The van der Waals surface area contributed by atoms with Gasteiger partial charge in [0.05, 0.1) is 33.7 Å². The zero-order chi connectivity index (χ0) is 27.9. The van der Waals surface area contributed by atoms with E-state index in [1.807, 2.05) is 0 Å². The van der Waals surface area contributed by atoms with Crippen molar-refractivity contribution in [1.82, 2.24) is 34.1 Å². The highest BCUT2D eigenvalue weighted by Crippen LogP contribution is 2.35. The second kappa shape index (κ2) is 10.7. The lowest BCUT2D eigenvalue weighted by atomic mass is 9.99. The highest BCUT2D eigenvalue weighted by molar-refractivity contribution is 7.89. The van der Waals surface area contributed by atoms with Crippen molar-refractivity contribution in [2.24, 2.45) is 5.92 Å². The second-order valence-corrected chi connectivity index (χ2v) is 12.3. The van der Waals surface area contributed by atoms with Gasteiger partial charge in [0.1, 0.15) is 11.3 Å². The number of likely N-dealkylation sites (N-methyl/N-ethyl adjacent to an activating group) is 1. The third-order valence-corrected chi connectivity index (χ3v) is 9.51. The molecule has 206 valence electrons. The van der Waals surface area contributed by atoms with E-state index < -0.39 is 33.4 Å². The summed E-state index contributed by atoms with van der Waals surface area (Å²) in [5.41, 5.74) is -0.0290. The summed E-state index contributed by atoms with van der Waals surface area (Å²) in [5.74, 6) is -1.18. The van der Waals surface area contributed by atoms with Crippen molar-refractivity contribution in [2.45, 2.75) is 23.9 Å². The lowest BCUT2D eigenvalue weighted by molar-refractivity contribution is -0.122. The molecule has 0 radical (unpaired) electrons. The van der Waals surface area contributed by atoms with E-state index >= 15 is 0 Å². The number of carbonyl (C=O) groups excluding carboxylic acids is 2. The molecule has 0 unspecified atom stereocenters. The van der Waals surface area contributed by atoms with E-state index in [-0.39, 0.29) is 65.6 Å². The number of hydrogen-bond donors (Lipinski definition) is 1. The number of benzene rings is 1. The molecule has 15 heteroatoms. The van der Waals surface area contributed by atoms with Crippen LogP contribution in [0, 0.1) is 5.92 Å². The molecule has 2 atom stereocenters. The Bertz CT molecular complexity index is 1610. The van der Waals surface area contributed by atoms with Crippen LogP contribution >= 0.6 is 23.2 Å². The molecule has 1 aromatic carbocycles. The summed E-state index contributed by atoms with van der Waals surface area (Å²) in [7, 11) is -2.40. The first kappa shape index (κ1) is 27.3. The van der Waals surface area contributed by atoms with Gasteiger partial charge in [-0.15, -0.1) is 5.10 Å². The minimum atomic E-state index is -3.95. The molecule has 4 heterocycles. The predicted molar refractivity (Wildman–Crippen MR) is 142 cm³/mol. The zero-order valence-corrected chi connectivity index (χ0v) is 23.2. The van der Waals surface area contributed by atoms with E-state index in [2.05, 4.69) is 15.6 Å². The molecule has 0 aliphatic carbocycles. The number of rotatable bonds is 2. The quantitative estimate of drug-likeness (QED) is 0.471. The van der Waals surface area contributed by atoms with Crippen LogP contribution in [0.4, 0.5) is 0 Å². The zero-order valence-electron chi connectivity index (χ0n) is 20.8. The maximum Gasteiger partial charge on any atom is 0.263 e. The molecule has 4 bridgehead atoms. The molecule has 0 spiro atoms. The molecular weight excluding hydrogens is 569 g/mol. The monoisotopic (exact) mass is 593 g/mol. The molecule has 39 heavy (non-hydrogen) atoms. The largest absolute Gasteiger partial charge is 0.354 e. The summed E-state index contributed by atoms with van der Waals surface area (Å²) in [6, 6.07) is 6.68. The third kappa shape index (κ3) is 5.44. The maximum atomic E-state index is 13.5. The molecule has 2 aliphatic heterocycles. The number of sulfonamides is 1. The van der Waals surface area contributed by atoms with E-state index in [9.17, 15) is 22.8 Å². The summed E-state index contributed by atoms with van der Waals surface area (Å²) < 4.78 is 31.2. The molecule has 3 aromatic rings. The van der Waals surface area contributed by atoms with Gasteiger partial charge in [-0.05, 0) is 30.3 Å². The van der Waals surface area contributed by atoms with Crippen LogP contribution < -0.4 is 10.9 Å². The fraction of sp³-hybridized carbons (Fsp3) is 0.375. The average molecular weight is 594 g/mol. The lowest BCUT2D eigenvalue weighted by Crippen LogP contribution is -2.39. The van der Waals surface area contributed by atoms with Crippen molar-refractivity contribution in [1.29, 1.82) is 0 Å². The number of aromatic nitrogens is 4. The number of amides is 2. The molecule has 1 saturated heterocycles. The van der Waals surface area contributed by atoms with Gasteiger partial charge in [0, 0.05) is 51.8 Å². The predicted octanol–water partition coefficient (Wildman–Crippen LogP) is 1.25. The Morgan fingerprint density at radius 3 is 2.64 bits per heavy atom. The van der Waals surface area contributed by atoms with Gasteiger partial charge in [0.15, 0.2) is 0 Å². The topological polar surface area (TPSA) is 140 Å². The van der Waals surface area contributed by atoms with Crippen LogP contribution in [-0.4, -0.2) is 82.2 Å². The third-order valence-electron chi connectivity index (χ3n) is 6.95. The second-order valence-electron chi connectivity index (χ2n) is 9.55. The summed E-state index contributed by atoms with van der Waals surface area (Å²) in [4.78, 5) is 40.1. The van der Waals surface area contributed by atoms with Crippen molar-refractivity contribution in [3.8, 4) is 0 Å². The van der Waals surface area contributed by atoms with E-state index in [0.717, 1.165) is 0 Å². The van der Waals surface area contributed by atoms with Gasteiger partial charge in [-0.25, -0.2) is 13.1 Å². The average Bonchev–Trinajstić information content (AvgIpc) is 3.53. The first-order chi connectivity index (χ1) is 18.5. The van der Waals surface area contributed by atoms with Crippen LogP contribution in [-0.2, 0) is 21.4 Å². The summed E-state index contributed by atoms with van der Waals surface area (Å²) >= 11 is 12.0. The highest BCUT2D eigenvalue weighted by atomic mass is 35.5. The normalized spacial score (nSPS) is 21.1. The van der Waals surface area contributed by atoms with Crippen molar-refractivity contribution >= 4 is 45.0 Å². The lowest BCUT2D eigenvalue weighted by Gasteiger charge is -2.20. The summed E-state index contributed by atoms with van der Waals surface area (Å²) in [5, 5.41) is 11.5. The Kier molecular flexibility index (Phi) is 7.51. The molecule has 2 aliphatic rings. The molecule has 2 amide bonds. The number of pyridine rings is 1. The van der Waals surface area contributed by atoms with Gasteiger partial charge in [0.25, 0.3) is 11.5 Å². The molecular formula is C24H25Cl2N7O5S. The van der Waals surface area contributed by atoms with Crippen molar-refractivity contribution in [2.75, 3.05) is 33.2 Å². The summed E-state index contributed by atoms with van der Waals surface area (Å²) in [6.45, 7) is 0.531. The number of hydrogen-bond acceptors (Lipinski definition) is 7. The Balaban J connectivity index is 1.49. The van der Waals surface area contributed by atoms with Crippen LogP contribution in [0.25, 0.3) is 0 Å². The summed E-state index contributed by atoms with van der Waals surface area (Å²) in [6.07, 6.45) is 3.22. The van der Waals surface area contributed by atoms with Crippen LogP contribution in [0.15, 0.2) is 52.4 Å². The first-order valence-corrected chi connectivity index (χ1v) is 14.3. The smallest absolute Gasteiger partial charge is 0.263 e. The van der Waals surface area contributed by atoms with Gasteiger partial charge in [-0.2, -0.15) is 4.31 Å². The molecule has 12 nitrogen and oxygen atoms in total. The van der Waals surface area contributed by atoms with Crippen LogP contribution in [0.3, 0.4) is 0 Å². The molecule has 1 N–H and O–H groups in total. The number of fused-ring (bicyclic) bond motifs is 6. The molecule has 1 fully saturated rings. The van der Waals surface area contributed by atoms with E-state index in [1.54, 1.807) is 25.5 Å². The molecule has 0 saturated carbocycles. The Hall–Kier alpha value is -3.26. The van der Waals surface area contributed by atoms with Crippen molar-refractivity contribution in [3.05, 3.63) is 74.4 Å². The van der Waals surface area contributed by atoms with Crippen LogP contribution in [0.5, 0.6) is 0 Å². The van der Waals surface area contributed by atoms with Gasteiger partial charge in [0.2, 0.25) is 15.9 Å². The van der Waals surface area contributed by atoms with Crippen LogP contribution in [0.2, 0.25) is 10.0 Å². The minimum Gasteiger partial charge on any atom is -0.354 e. The van der Waals surface area contributed by atoms with Gasteiger partial charge in [-0.1, -0.05) is 28.4 Å². The van der Waals surface area contributed by atoms with E-state index in [1.165, 1.54) is 42.7 Å². The van der Waals surface area contributed by atoms with E-state index in [4.69, 9.17) is 23.2 Å². The Morgan fingerprint density at radius 1 is 1.08 bits per heavy atom. The fourth-order valence-corrected chi connectivity index (χ4v) is 6.73. The SMILES string of the molecule is CN1CCNC(=O)C[C@@H]2CN(S(=O)(=O)c3ccc(Cl)c(Cl)c3)C[C@@H]2n2cc(nn2)Cn2cccc(c2=O)C1=O. The molecule has 5 rings (SSSR count). The number of nitrogens with one attached hydrogen (secondary N) is 1. The maximum absolute atomic E-state index is 13.5. The van der Waals surface area contributed by atoms with Gasteiger partial charge >= 0.3 is 0 Å². The van der Waals surface area contributed by atoms with Crippen LogP contribution in [0.1, 0.15) is 28.5 Å². The molecule has 2 aromatic heterocycles. The van der Waals surface area contributed by atoms with E-state index in [0.29, 0.717) is 5.69 Å². The number of carbonyl (C=O) groups is 2. The van der Waals surface area contributed by atoms with Crippen molar-refractivity contribution in [3.63, 3.8) is 0 Å². The fourth-order valence-electron chi connectivity index (χ4n) is 4.83. The van der Waals surface area contributed by atoms with Gasteiger partial charge < -0.3 is 14.8 Å². The standard InChI is InChI=1S/C24H25Cl2N7O5S/c1-30-8-6-27-22(34)9-15-11-32(39(37,38)17-4-5-19(25)20(26)10-17)14-21(15)33-13-16(28-29-33)12-31-7-2-3-18(23(30)35)24(31)36/h2-5,7,10,13,15,21H,6,8-9,11-12,14H2,1H3,(H,27,34)/t15-,21+/m1/s1. The van der Waals surface area contributed by atoms with Gasteiger partial charge in [-0.3, -0.25) is 14.4 Å². The Morgan fingerprint density at radius 2 is 1.87 bits per heavy atom. The van der Waals surface area contributed by atoms with Crippen molar-refractivity contribution < 1.29 is 18.0 Å². The Labute approximate surface area is 234 Å². The first-order valence-electron chi connectivity index (χ1n) is 12.1. The highest BCUT2D eigenvalue weighted by Gasteiger charge is 2.42. The number of nitrogens with zero attached hydrogens (tertiary/aromatic N) is 6. The number of halogens is 2. The minimum absolute atomic E-state index is 0.00446.